The molecule has 2 aromatic rings. The fourth-order valence-electron chi connectivity index (χ4n) is 1.90. The second-order valence-corrected chi connectivity index (χ2v) is 4.26. The van der Waals surface area contributed by atoms with Gasteiger partial charge in [-0.15, -0.1) is 0 Å². The summed E-state index contributed by atoms with van der Waals surface area (Å²) in [4.78, 5) is 0. The third kappa shape index (κ3) is 1.61. The van der Waals surface area contributed by atoms with Gasteiger partial charge in [0, 0.05) is 17.3 Å². The smallest absolute Gasteiger partial charge is 0.0621 e. The number of halogens is 1. The van der Waals surface area contributed by atoms with Crippen LogP contribution in [0.1, 0.15) is 5.56 Å². The molecule has 80 valence electrons. The lowest BCUT2D eigenvalue weighted by Gasteiger charge is -2.08. The summed E-state index contributed by atoms with van der Waals surface area (Å²) >= 11 is 5.97. The van der Waals surface area contributed by atoms with E-state index in [1.165, 1.54) is 5.56 Å². The van der Waals surface area contributed by atoms with Crippen molar-refractivity contribution in [1.82, 2.24) is 0 Å². The molecule has 0 saturated carbocycles. The summed E-state index contributed by atoms with van der Waals surface area (Å²) in [5, 5.41) is 7.53. The fraction of sp³-hybridized carbons (Fsp3) is 0.0769. The van der Waals surface area contributed by atoms with Crippen LogP contribution in [0.3, 0.4) is 0 Å². The Hall–Kier alpha value is -1.67. The Morgan fingerprint density at radius 2 is 1.81 bits per heavy atom. The maximum Gasteiger partial charge on any atom is 0.0621 e. The second-order valence-electron chi connectivity index (χ2n) is 3.83. The van der Waals surface area contributed by atoms with E-state index < -0.39 is 0 Å². The van der Waals surface area contributed by atoms with Gasteiger partial charge in [0.1, 0.15) is 0 Å². The molecule has 2 nitrogen and oxygen atoms in total. The zero-order chi connectivity index (χ0) is 11.0. The van der Waals surface area contributed by atoms with Crippen LogP contribution in [-0.2, 0) is 6.54 Å². The van der Waals surface area contributed by atoms with E-state index in [1.807, 2.05) is 30.3 Å². The molecule has 0 saturated heterocycles. The van der Waals surface area contributed by atoms with Gasteiger partial charge in [0.05, 0.1) is 11.4 Å². The molecule has 3 rings (SSSR count). The van der Waals surface area contributed by atoms with Crippen LogP contribution in [-0.4, -0.2) is 0 Å². The minimum atomic E-state index is 0.749. The van der Waals surface area contributed by atoms with Gasteiger partial charge in [-0.05, 0) is 29.8 Å². The molecule has 0 radical (unpaired) electrons. The first kappa shape index (κ1) is 9.55. The van der Waals surface area contributed by atoms with Crippen LogP contribution < -0.4 is 10.6 Å². The van der Waals surface area contributed by atoms with E-state index in [0.29, 0.717) is 0 Å². The van der Waals surface area contributed by atoms with E-state index in [4.69, 9.17) is 11.6 Å². The van der Waals surface area contributed by atoms with Crippen molar-refractivity contribution < 1.29 is 0 Å². The van der Waals surface area contributed by atoms with Gasteiger partial charge in [0.2, 0.25) is 0 Å². The van der Waals surface area contributed by atoms with Crippen molar-refractivity contribution in [3.05, 3.63) is 53.1 Å². The molecule has 0 bridgehead atoms. The van der Waals surface area contributed by atoms with Crippen LogP contribution in [0.25, 0.3) is 0 Å². The van der Waals surface area contributed by atoms with Gasteiger partial charge in [0.15, 0.2) is 0 Å². The molecule has 1 aliphatic heterocycles. The molecule has 3 heteroatoms. The summed E-state index contributed by atoms with van der Waals surface area (Å²) in [5.41, 5.74) is 4.52. The monoisotopic (exact) mass is 230 g/mol. The van der Waals surface area contributed by atoms with Gasteiger partial charge in [-0.3, -0.25) is 0 Å². The molecule has 0 spiro atoms. The average molecular weight is 231 g/mol. The predicted octanol–water partition coefficient (Wildman–Crippen LogP) is 4.01. The average Bonchev–Trinajstić information content (AvgIpc) is 2.48. The highest BCUT2D eigenvalue weighted by atomic mass is 35.5. The van der Waals surface area contributed by atoms with Gasteiger partial charge < -0.3 is 10.6 Å². The normalized spacial score (nSPS) is 12.8. The van der Waals surface area contributed by atoms with E-state index in [-0.39, 0.29) is 0 Å². The van der Waals surface area contributed by atoms with Gasteiger partial charge in [-0.2, -0.15) is 0 Å². The van der Waals surface area contributed by atoms with Crippen molar-refractivity contribution in [3.63, 3.8) is 0 Å². The van der Waals surface area contributed by atoms with Gasteiger partial charge >= 0.3 is 0 Å². The van der Waals surface area contributed by atoms with Crippen LogP contribution >= 0.6 is 11.6 Å². The summed E-state index contributed by atoms with van der Waals surface area (Å²) in [6.07, 6.45) is 0. The summed E-state index contributed by atoms with van der Waals surface area (Å²) in [6.45, 7) is 0.816. The molecule has 2 aromatic carbocycles. The van der Waals surface area contributed by atoms with Crippen LogP contribution in [0.15, 0.2) is 42.5 Å². The van der Waals surface area contributed by atoms with Crippen molar-refractivity contribution in [3.8, 4) is 0 Å². The maximum absolute atomic E-state index is 5.97. The fourth-order valence-corrected chi connectivity index (χ4v) is 2.08. The third-order valence-corrected chi connectivity index (χ3v) is 2.97. The van der Waals surface area contributed by atoms with Crippen molar-refractivity contribution in [2.24, 2.45) is 0 Å². The number of anilines is 3. The number of benzene rings is 2. The number of rotatable bonds is 0. The Bertz CT molecular complexity index is 537. The largest absolute Gasteiger partial charge is 0.379 e. The molecule has 16 heavy (non-hydrogen) atoms. The number of fused-ring (bicyclic) bond motifs is 2. The molecule has 0 aliphatic carbocycles. The van der Waals surface area contributed by atoms with Gasteiger partial charge in [0.25, 0.3) is 0 Å². The standard InChI is InChI=1S/C13H11ClN2/c14-10-5-6-12-13(7-10)15-8-9-3-1-2-4-11(9)16-12/h1-7,15-16H,8H2. The molecule has 2 N–H and O–H groups in total. The summed E-state index contributed by atoms with van der Waals surface area (Å²) < 4.78 is 0. The number of hydrogen-bond donors (Lipinski definition) is 2. The lowest BCUT2D eigenvalue weighted by atomic mass is 10.2. The minimum absolute atomic E-state index is 0.749. The second kappa shape index (κ2) is 3.72. The number of hydrogen-bond acceptors (Lipinski definition) is 2. The molecule has 0 fully saturated rings. The summed E-state index contributed by atoms with van der Waals surface area (Å²) in [5.74, 6) is 0. The van der Waals surface area contributed by atoms with E-state index in [0.717, 1.165) is 28.6 Å². The van der Waals surface area contributed by atoms with E-state index >= 15 is 0 Å². The highest BCUT2D eigenvalue weighted by molar-refractivity contribution is 6.31. The Kier molecular flexibility index (Phi) is 2.22. The van der Waals surface area contributed by atoms with E-state index in [2.05, 4.69) is 22.8 Å². The molecular weight excluding hydrogens is 220 g/mol. The van der Waals surface area contributed by atoms with Gasteiger partial charge in [-0.1, -0.05) is 29.8 Å². The predicted molar refractivity (Wildman–Crippen MR) is 68.5 cm³/mol. The Balaban J connectivity index is 2.08. The zero-order valence-corrected chi connectivity index (χ0v) is 9.38. The first-order chi connectivity index (χ1) is 7.83. The Morgan fingerprint density at radius 1 is 0.938 bits per heavy atom. The third-order valence-electron chi connectivity index (χ3n) is 2.74. The van der Waals surface area contributed by atoms with Crippen LogP contribution in [0.2, 0.25) is 5.02 Å². The first-order valence-corrected chi connectivity index (χ1v) is 5.59. The molecule has 0 atom stereocenters. The van der Waals surface area contributed by atoms with Crippen molar-refractivity contribution >= 4 is 28.7 Å². The molecule has 0 amide bonds. The highest BCUT2D eigenvalue weighted by Crippen LogP contribution is 2.33. The number of para-hydroxylation sites is 1. The first-order valence-electron chi connectivity index (χ1n) is 5.21. The van der Waals surface area contributed by atoms with Crippen LogP contribution in [0, 0.1) is 0 Å². The van der Waals surface area contributed by atoms with Gasteiger partial charge in [-0.25, -0.2) is 0 Å². The molecule has 0 aromatic heterocycles. The van der Waals surface area contributed by atoms with E-state index in [9.17, 15) is 0 Å². The summed E-state index contributed by atoms with van der Waals surface area (Å²) in [6, 6.07) is 14.1. The molecular formula is C13H11ClN2. The summed E-state index contributed by atoms with van der Waals surface area (Å²) in [7, 11) is 0. The number of nitrogens with one attached hydrogen (secondary N) is 2. The molecule has 1 heterocycles. The lowest BCUT2D eigenvalue weighted by molar-refractivity contribution is 1.17. The zero-order valence-electron chi connectivity index (χ0n) is 8.63. The van der Waals surface area contributed by atoms with Crippen LogP contribution in [0.5, 0.6) is 0 Å². The van der Waals surface area contributed by atoms with Crippen molar-refractivity contribution in [2.45, 2.75) is 6.54 Å². The Morgan fingerprint density at radius 3 is 2.75 bits per heavy atom. The van der Waals surface area contributed by atoms with Crippen molar-refractivity contribution in [2.75, 3.05) is 10.6 Å². The lowest BCUT2D eigenvalue weighted by Crippen LogP contribution is -1.96. The highest BCUT2D eigenvalue weighted by Gasteiger charge is 2.11. The van der Waals surface area contributed by atoms with Crippen LogP contribution in [0.4, 0.5) is 17.1 Å². The SMILES string of the molecule is Clc1ccc2c(c1)NCc1ccccc1N2. The molecule has 1 aliphatic rings. The quantitative estimate of drug-likeness (QED) is 0.715. The van der Waals surface area contributed by atoms with E-state index in [1.54, 1.807) is 0 Å². The maximum atomic E-state index is 5.97. The minimum Gasteiger partial charge on any atom is -0.379 e. The Labute approximate surface area is 99.3 Å². The molecule has 0 unspecified atom stereocenters. The topological polar surface area (TPSA) is 24.1 Å². The van der Waals surface area contributed by atoms with Crippen molar-refractivity contribution in [1.29, 1.82) is 0 Å².